The van der Waals surface area contributed by atoms with E-state index >= 15 is 0 Å². The van der Waals surface area contributed by atoms with Crippen LogP contribution in [-0.4, -0.2) is 18.4 Å². The molecule has 0 unspecified atom stereocenters. The Labute approximate surface area is 177 Å². The Bertz CT molecular complexity index is 1300. The highest BCUT2D eigenvalue weighted by Gasteiger charge is 2.16. The number of aromatic nitrogens is 2. The zero-order valence-corrected chi connectivity index (χ0v) is 17.0. The first-order valence-electron chi connectivity index (χ1n) is 8.37. The molecule has 0 aliphatic heterocycles. The molecule has 146 valence electrons. The molecule has 1 N–H and O–H groups in total. The molecule has 0 saturated heterocycles. The summed E-state index contributed by atoms with van der Waals surface area (Å²) >= 11 is 12.0. The monoisotopic (exact) mass is 445 g/mol. The maximum atomic E-state index is 12.5. The lowest BCUT2D eigenvalue weighted by Gasteiger charge is -2.10. The van der Waals surface area contributed by atoms with Crippen molar-refractivity contribution in [3.63, 3.8) is 0 Å². The number of ether oxygens (including phenoxy) is 1. The molecule has 0 amide bonds. The first-order chi connectivity index (χ1) is 13.9. The van der Waals surface area contributed by atoms with Gasteiger partial charge >= 0.3 is 0 Å². The summed E-state index contributed by atoms with van der Waals surface area (Å²) in [5, 5.41) is 2.51. The largest absolute Gasteiger partial charge is 0.419 e. The summed E-state index contributed by atoms with van der Waals surface area (Å²) in [5.74, 6) is 0.441. The summed E-state index contributed by atoms with van der Waals surface area (Å²) < 4.78 is 33.0. The Balaban J connectivity index is 1.55. The number of anilines is 1. The normalized spacial score (nSPS) is 11.4. The number of halogens is 2. The minimum atomic E-state index is -3.80. The van der Waals surface area contributed by atoms with Crippen molar-refractivity contribution in [2.75, 3.05) is 4.72 Å². The van der Waals surface area contributed by atoms with E-state index in [0.29, 0.717) is 10.9 Å². The van der Waals surface area contributed by atoms with Gasteiger partial charge in [0.05, 0.1) is 16.8 Å². The average Bonchev–Trinajstić information content (AvgIpc) is 2.70. The van der Waals surface area contributed by atoms with Crippen molar-refractivity contribution in [3.05, 3.63) is 83.1 Å². The Morgan fingerprint density at radius 1 is 0.862 bits per heavy atom. The third kappa shape index (κ3) is 4.42. The number of rotatable bonds is 5. The maximum absolute atomic E-state index is 12.5. The summed E-state index contributed by atoms with van der Waals surface area (Å²) in [7, 11) is -3.80. The van der Waals surface area contributed by atoms with Crippen molar-refractivity contribution in [1.82, 2.24) is 9.97 Å². The van der Waals surface area contributed by atoms with Gasteiger partial charge in [-0.3, -0.25) is 4.72 Å². The molecule has 2 aromatic carbocycles. The van der Waals surface area contributed by atoms with E-state index in [9.17, 15) is 8.42 Å². The topological polar surface area (TPSA) is 81.2 Å². The van der Waals surface area contributed by atoms with E-state index in [0.717, 1.165) is 10.8 Å². The molecule has 0 spiro atoms. The highest BCUT2D eigenvalue weighted by atomic mass is 35.5. The van der Waals surface area contributed by atoms with Crippen LogP contribution in [0.25, 0.3) is 10.8 Å². The summed E-state index contributed by atoms with van der Waals surface area (Å²) in [5.41, 5.74) is 0.198. The van der Waals surface area contributed by atoms with Crippen molar-refractivity contribution < 1.29 is 13.2 Å². The number of fused-ring (bicyclic) bond motifs is 1. The van der Waals surface area contributed by atoms with Gasteiger partial charge in [-0.25, -0.2) is 18.4 Å². The van der Waals surface area contributed by atoms with Gasteiger partial charge in [-0.1, -0.05) is 47.5 Å². The van der Waals surface area contributed by atoms with Gasteiger partial charge in [0.1, 0.15) is 5.02 Å². The highest BCUT2D eigenvalue weighted by Crippen LogP contribution is 2.30. The SMILES string of the molecule is O=S(=O)(Nc1cnc(Oc2cc3ccccc3cn2)c(Cl)c1)c1ccc(Cl)cc1. The second kappa shape index (κ2) is 7.87. The summed E-state index contributed by atoms with van der Waals surface area (Å²) in [4.78, 5) is 8.40. The number of benzene rings is 2. The van der Waals surface area contributed by atoms with E-state index in [4.69, 9.17) is 27.9 Å². The molecular weight excluding hydrogens is 433 g/mol. The molecule has 0 bridgehead atoms. The van der Waals surface area contributed by atoms with Gasteiger partial charge < -0.3 is 4.74 Å². The third-order valence-corrected chi connectivity index (χ3v) is 5.91. The van der Waals surface area contributed by atoms with Crippen molar-refractivity contribution in [2.24, 2.45) is 0 Å². The van der Waals surface area contributed by atoms with Crippen LogP contribution in [0.2, 0.25) is 10.0 Å². The lowest BCUT2D eigenvalue weighted by molar-refractivity contribution is 0.446. The van der Waals surface area contributed by atoms with Crippen LogP contribution in [0.15, 0.2) is 78.0 Å². The molecule has 9 heteroatoms. The first-order valence-corrected chi connectivity index (χ1v) is 10.6. The fourth-order valence-corrected chi connectivity index (χ4v) is 3.97. The molecule has 4 rings (SSSR count). The average molecular weight is 446 g/mol. The second-order valence-electron chi connectivity index (χ2n) is 6.04. The van der Waals surface area contributed by atoms with E-state index in [1.807, 2.05) is 24.3 Å². The zero-order chi connectivity index (χ0) is 20.4. The fraction of sp³-hybridized carbons (Fsp3) is 0. The van der Waals surface area contributed by atoms with Crippen LogP contribution >= 0.6 is 23.2 Å². The quantitative estimate of drug-likeness (QED) is 0.436. The number of pyridine rings is 2. The third-order valence-electron chi connectivity index (χ3n) is 3.99. The van der Waals surface area contributed by atoms with Gasteiger partial charge in [-0.15, -0.1) is 0 Å². The van der Waals surface area contributed by atoms with E-state index in [-0.39, 0.29) is 21.5 Å². The van der Waals surface area contributed by atoms with E-state index in [1.165, 1.54) is 36.5 Å². The molecule has 0 atom stereocenters. The molecule has 0 saturated carbocycles. The van der Waals surface area contributed by atoms with Crippen LogP contribution in [0.1, 0.15) is 0 Å². The van der Waals surface area contributed by atoms with Gasteiger partial charge in [-0.2, -0.15) is 0 Å². The van der Waals surface area contributed by atoms with E-state index < -0.39 is 10.0 Å². The van der Waals surface area contributed by atoms with Crippen molar-refractivity contribution >= 4 is 49.7 Å². The predicted octanol–water partition coefficient (Wildman–Crippen LogP) is 5.53. The van der Waals surface area contributed by atoms with Crippen LogP contribution in [0, 0.1) is 0 Å². The zero-order valence-electron chi connectivity index (χ0n) is 14.7. The molecule has 2 aromatic heterocycles. The lowest BCUT2D eigenvalue weighted by Crippen LogP contribution is -2.13. The molecule has 29 heavy (non-hydrogen) atoms. The van der Waals surface area contributed by atoms with Crippen molar-refractivity contribution in [2.45, 2.75) is 4.90 Å². The molecule has 0 aliphatic carbocycles. The Hall–Kier alpha value is -2.87. The molecule has 0 radical (unpaired) electrons. The van der Waals surface area contributed by atoms with Crippen LogP contribution in [-0.2, 0) is 10.0 Å². The smallest absolute Gasteiger partial charge is 0.261 e. The lowest BCUT2D eigenvalue weighted by atomic mass is 10.2. The molecule has 0 fully saturated rings. The van der Waals surface area contributed by atoms with Gasteiger partial charge in [0.2, 0.25) is 11.8 Å². The van der Waals surface area contributed by atoms with E-state index in [1.54, 1.807) is 12.3 Å². The number of nitrogens with one attached hydrogen (secondary N) is 1. The van der Waals surface area contributed by atoms with Gasteiger partial charge in [0.25, 0.3) is 10.0 Å². The molecule has 4 aromatic rings. The Morgan fingerprint density at radius 2 is 1.59 bits per heavy atom. The number of hydrogen-bond acceptors (Lipinski definition) is 5. The predicted molar refractivity (Wildman–Crippen MR) is 113 cm³/mol. The molecule has 0 aliphatic rings. The number of hydrogen-bond donors (Lipinski definition) is 1. The van der Waals surface area contributed by atoms with Crippen molar-refractivity contribution in [1.29, 1.82) is 0 Å². The second-order valence-corrected chi connectivity index (χ2v) is 8.57. The Morgan fingerprint density at radius 3 is 2.31 bits per heavy atom. The first kappa shape index (κ1) is 19.4. The minimum Gasteiger partial charge on any atom is -0.419 e. The van der Waals surface area contributed by atoms with E-state index in [2.05, 4.69) is 14.7 Å². The van der Waals surface area contributed by atoms with Crippen LogP contribution in [0.3, 0.4) is 0 Å². The molecule has 2 heterocycles. The van der Waals surface area contributed by atoms with Crippen molar-refractivity contribution in [3.8, 4) is 11.8 Å². The minimum absolute atomic E-state index is 0.0683. The number of nitrogens with zero attached hydrogens (tertiary/aromatic N) is 2. The summed E-state index contributed by atoms with van der Waals surface area (Å²) in [6.07, 6.45) is 3.00. The van der Waals surface area contributed by atoms with Gasteiger partial charge in [0.15, 0.2) is 0 Å². The summed E-state index contributed by atoms with van der Waals surface area (Å²) in [6.45, 7) is 0. The highest BCUT2D eigenvalue weighted by molar-refractivity contribution is 7.92. The fourth-order valence-electron chi connectivity index (χ4n) is 2.60. The van der Waals surface area contributed by atoms with Crippen LogP contribution in [0.4, 0.5) is 5.69 Å². The standard InChI is InChI=1S/C20H13Cl2N3O3S/c21-15-5-7-17(8-6-15)29(26,27)25-16-10-18(22)20(24-12-16)28-19-9-13-3-1-2-4-14(13)11-23-19/h1-12,25H. The summed E-state index contributed by atoms with van der Waals surface area (Å²) in [6, 6.07) is 16.7. The van der Waals surface area contributed by atoms with Gasteiger partial charge in [-0.05, 0) is 35.7 Å². The number of sulfonamides is 1. The maximum Gasteiger partial charge on any atom is 0.261 e. The Kier molecular flexibility index (Phi) is 5.27. The van der Waals surface area contributed by atoms with Crippen LogP contribution < -0.4 is 9.46 Å². The van der Waals surface area contributed by atoms with Gasteiger partial charge in [0, 0.05) is 22.7 Å². The molecule has 6 nitrogen and oxygen atoms in total. The molecular formula is C20H13Cl2N3O3S. The van der Waals surface area contributed by atoms with Crippen LogP contribution in [0.5, 0.6) is 11.8 Å².